The third kappa shape index (κ3) is 5.86. The standard InChI is InChI=1S/C22H26N2O4S2/c1-3-28-22(27)20-16-10-9-14(2)11-17(16)30-21(20)24-19(26)13-29-12-18(25)23-15-7-5-4-6-8-15/h4-8,14H,3,9-13H2,1-2H3,(H,23,25)(H,24,26). The number of nitrogens with one attached hydrogen (secondary N) is 2. The quantitative estimate of drug-likeness (QED) is 0.589. The van der Waals surface area contributed by atoms with Crippen LogP contribution < -0.4 is 10.6 Å². The Morgan fingerprint density at radius 2 is 1.83 bits per heavy atom. The molecule has 1 aromatic carbocycles. The fourth-order valence-electron chi connectivity index (χ4n) is 3.38. The van der Waals surface area contributed by atoms with Crippen molar-refractivity contribution in [1.29, 1.82) is 0 Å². The minimum Gasteiger partial charge on any atom is -0.462 e. The Labute approximate surface area is 184 Å². The number of ether oxygens (including phenoxy) is 1. The zero-order valence-electron chi connectivity index (χ0n) is 17.2. The summed E-state index contributed by atoms with van der Waals surface area (Å²) in [7, 11) is 0. The van der Waals surface area contributed by atoms with Gasteiger partial charge in [-0.25, -0.2) is 4.79 Å². The summed E-state index contributed by atoms with van der Waals surface area (Å²) in [6.45, 7) is 4.26. The Bertz CT molecular complexity index is 911. The van der Waals surface area contributed by atoms with E-state index in [1.54, 1.807) is 6.92 Å². The molecule has 1 atom stereocenters. The van der Waals surface area contributed by atoms with Gasteiger partial charge < -0.3 is 15.4 Å². The summed E-state index contributed by atoms with van der Waals surface area (Å²) >= 11 is 2.70. The molecule has 0 saturated heterocycles. The van der Waals surface area contributed by atoms with Gasteiger partial charge in [0.1, 0.15) is 5.00 Å². The number of thiophene rings is 1. The first-order chi connectivity index (χ1) is 14.5. The van der Waals surface area contributed by atoms with Gasteiger partial charge in [-0.15, -0.1) is 23.1 Å². The van der Waals surface area contributed by atoms with Crippen LogP contribution in [0.5, 0.6) is 0 Å². The van der Waals surface area contributed by atoms with Crippen molar-refractivity contribution in [2.24, 2.45) is 5.92 Å². The topological polar surface area (TPSA) is 84.5 Å². The SMILES string of the molecule is CCOC(=O)c1c(NC(=O)CSCC(=O)Nc2ccccc2)sc2c1CCC(C)C2. The van der Waals surface area contributed by atoms with Gasteiger partial charge in [0.15, 0.2) is 0 Å². The van der Waals surface area contributed by atoms with Crippen molar-refractivity contribution in [3.05, 3.63) is 46.3 Å². The Morgan fingerprint density at radius 1 is 1.13 bits per heavy atom. The Hall–Kier alpha value is -2.32. The molecular formula is C22H26N2O4S2. The van der Waals surface area contributed by atoms with Crippen LogP contribution in [0.15, 0.2) is 30.3 Å². The molecule has 0 aliphatic heterocycles. The molecular weight excluding hydrogens is 420 g/mol. The van der Waals surface area contributed by atoms with Gasteiger partial charge in [-0.2, -0.15) is 0 Å². The van der Waals surface area contributed by atoms with E-state index in [-0.39, 0.29) is 29.3 Å². The van der Waals surface area contributed by atoms with Gasteiger partial charge in [0.2, 0.25) is 11.8 Å². The molecule has 1 aromatic heterocycles. The number of hydrogen-bond acceptors (Lipinski definition) is 6. The minimum atomic E-state index is -0.380. The molecule has 160 valence electrons. The second kappa shape index (κ2) is 10.6. The summed E-state index contributed by atoms with van der Waals surface area (Å²) in [6.07, 6.45) is 2.76. The maximum atomic E-state index is 12.5. The van der Waals surface area contributed by atoms with Gasteiger partial charge in [0.05, 0.1) is 23.7 Å². The van der Waals surface area contributed by atoms with Crippen LogP contribution in [-0.4, -0.2) is 35.9 Å². The molecule has 1 aliphatic carbocycles. The predicted octanol–water partition coefficient (Wildman–Crippen LogP) is 4.36. The number of thioether (sulfide) groups is 1. The largest absolute Gasteiger partial charge is 0.462 e. The molecule has 2 aromatic rings. The van der Waals surface area contributed by atoms with Gasteiger partial charge in [-0.3, -0.25) is 9.59 Å². The maximum Gasteiger partial charge on any atom is 0.341 e. The van der Waals surface area contributed by atoms with E-state index in [1.807, 2.05) is 30.3 Å². The average Bonchev–Trinajstić information content (AvgIpc) is 3.05. The van der Waals surface area contributed by atoms with E-state index >= 15 is 0 Å². The van der Waals surface area contributed by atoms with Crippen molar-refractivity contribution in [3.63, 3.8) is 0 Å². The number of benzene rings is 1. The highest BCUT2D eigenvalue weighted by Gasteiger charge is 2.29. The lowest BCUT2D eigenvalue weighted by Crippen LogP contribution is -2.19. The number of carbonyl (C=O) groups excluding carboxylic acids is 3. The molecule has 1 unspecified atom stereocenters. The third-order valence-electron chi connectivity index (χ3n) is 4.77. The predicted molar refractivity (Wildman–Crippen MR) is 122 cm³/mol. The van der Waals surface area contributed by atoms with E-state index in [2.05, 4.69) is 17.6 Å². The van der Waals surface area contributed by atoms with Crippen LogP contribution in [0.1, 0.15) is 41.1 Å². The maximum absolute atomic E-state index is 12.5. The van der Waals surface area contributed by atoms with Crippen LogP contribution in [0.3, 0.4) is 0 Å². The van der Waals surface area contributed by atoms with E-state index in [1.165, 1.54) is 23.1 Å². The molecule has 1 aliphatic rings. The lowest BCUT2D eigenvalue weighted by atomic mass is 9.88. The van der Waals surface area contributed by atoms with E-state index in [9.17, 15) is 14.4 Å². The number of esters is 1. The molecule has 6 nitrogen and oxygen atoms in total. The molecule has 0 fully saturated rings. The zero-order chi connectivity index (χ0) is 21.5. The molecule has 0 spiro atoms. The first kappa shape index (κ1) is 22.4. The normalized spacial score (nSPS) is 15.2. The summed E-state index contributed by atoms with van der Waals surface area (Å²) < 4.78 is 5.23. The van der Waals surface area contributed by atoms with Gasteiger partial charge in [-0.05, 0) is 49.8 Å². The summed E-state index contributed by atoms with van der Waals surface area (Å²) in [6, 6.07) is 9.19. The summed E-state index contributed by atoms with van der Waals surface area (Å²) in [4.78, 5) is 38.1. The summed E-state index contributed by atoms with van der Waals surface area (Å²) in [5.74, 6) is 0.0919. The van der Waals surface area contributed by atoms with Crippen molar-refractivity contribution < 1.29 is 19.1 Å². The zero-order valence-corrected chi connectivity index (χ0v) is 18.8. The third-order valence-corrected chi connectivity index (χ3v) is 6.87. The van der Waals surface area contributed by atoms with Crippen molar-refractivity contribution in [2.75, 3.05) is 28.7 Å². The van der Waals surface area contributed by atoms with Crippen molar-refractivity contribution in [3.8, 4) is 0 Å². The minimum absolute atomic E-state index is 0.128. The number of hydrogen-bond donors (Lipinski definition) is 2. The van der Waals surface area contributed by atoms with Crippen LogP contribution in [0.4, 0.5) is 10.7 Å². The smallest absolute Gasteiger partial charge is 0.341 e. The Balaban J connectivity index is 1.58. The number of fused-ring (bicyclic) bond motifs is 1. The molecule has 0 saturated carbocycles. The first-order valence-electron chi connectivity index (χ1n) is 10.0. The van der Waals surface area contributed by atoms with Gasteiger partial charge in [0, 0.05) is 10.6 Å². The van der Waals surface area contributed by atoms with E-state index in [0.29, 0.717) is 23.1 Å². The van der Waals surface area contributed by atoms with Gasteiger partial charge in [-0.1, -0.05) is 25.1 Å². The average molecular weight is 447 g/mol. The van der Waals surface area contributed by atoms with Gasteiger partial charge in [0.25, 0.3) is 0 Å². The van der Waals surface area contributed by atoms with E-state index < -0.39 is 0 Å². The number of carbonyl (C=O) groups is 3. The number of rotatable bonds is 8. The molecule has 3 rings (SSSR count). The van der Waals surface area contributed by atoms with Crippen molar-refractivity contribution in [1.82, 2.24) is 0 Å². The molecule has 8 heteroatoms. The molecule has 30 heavy (non-hydrogen) atoms. The molecule has 1 heterocycles. The van der Waals surface area contributed by atoms with Crippen molar-refractivity contribution >= 4 is 51.6 Å². The highest BCUT2D eigenvalue weighted by atomic mass is 32.2. The van der Waals surface area contributed by atoms with Crippen molar-refractivity contribution in [2.45, 2.75) is 33.1 Å². The highest BCUT2D eigenvalue weighted by Crippen LogP contribution is 2.40. The number of amides is 2. The van der Waals surface area contributed by atoms with E-state index in [4.69, 9.17) is 4.74 Å². The Kier molecular flexibility index (Phi) is 7.93. The lowest BCUT2D eigenvalue weighted by Gasteiger charge is -2.18. The van der Waals surface area contributed by atoms with Crippen LogP contribution in [0.25, 0.3) is 0 Å². The van der Waals surface area contributed by atoms with Crippen LogP contribution in [0, 0.1) is 5.92 Å². The highest BCUT2D eigenvalue weighted by molar-refractivity contribution is 8.00. The fraction of sp³-hybridized carbons (Fsp3) is 0.409. The second-order valence-corrected chi connectivity index (χ2v) is 9.32. The molecule has 0 bridgehead atoms. The summed E-state index contributed by atoms with van der Waals surface area (Å²) in [5, 5.41) is 6.22. The molecule has 2 N–H and O–H groups in total. The monoisotopic (exact) mass is 446 g/mol. The first-order valence-corrected chi connectivity index (χ1v) is 12.0. The second-order valence-electron chi connectivity index (χ2n) is 7.23. The Morgan fingerprint density at radius 3 is 2.53 bits per heavy atom. The van der Waals surface area contributed by atoms with Crippen LogP contribution in [-0.2, 0) is 27.2 Å². The van der Waals surface area contributed by atoms with Crippen LogP contribution in [0.2, 0.25) is 0 Å². The van der Waals surface area contributed by atoms with E-state index in [0.717, 1.165) is 35.4 Å². The van der Waals surface area contributed by atoms with Crippen LogP contribution >= 0.6 is 23.1 Å². The molecule has 0 radical (unpaired) electrons. The molecule has 2 amide bonds. The fourth-order valence-corrected chi connectivity index (χ4v) is 5.41. The number of para-hydroxylation sites is 1. The number of anilines is 2. The lowest BCUT2D eigenvalue weighted by molar-refractivity contribution is -0.114. The van der Waals surface area contributed by atoms with Gasteiger partial charge >= 0.3 is 5.97 Å². The summed E-state index contributed by atoms with van der Waals surface area (Å²) in [5.41, 5.74) is 2.25.